The Morgan fingerprint density at radius 3 is 2.72 bits per heavy atom. The van der Waals surface area contributed by atoms with Gasteiger partial charge in [0.1, 0.15) is 0 Å². The third kappa shape index (κ3) is 3.39. The van der Waals surface area contributed by atoms with Crippen molar-refractivity contribution < 1.29 is 14.3 Å². The molecule has 4 rings (SSSR count). The van der Waals surface area contributed by atoms with Crippen molar-refractivity contribution in [2.45, 2.75) is 13.0 Å². The molecule has 0 unspecified atom stereocenters. The van der Waals surface area contributed by atoms with Crippen molar-refractivity contribution in [1.82, 2.24) is 4.98 Å². The second-order valence-electron chi connectivity index (χ2n) is 6.70. The Hall–Kier alpha value is -3.85. The number of nitrogens with zero attached hydrogens (tertiary/aromatic N) is 3. The zero-order valence-electron chi connectivity index (χ0n) is 16.2. The number of amides is 1. The molecule has 1 aromatic heterocycles. The van der Waals surface area contributed by atoms with E-state index in [1.807, 2.05) is 48.5 Å². The average Bonchev–Trinajstić information content (AvgIpc) is 3.09. The highest BCUT2D eigenvalue weighted by Gasteiger charge is 2.29. The molecule has 0 fully saturated rings. The second-order valence-corrected chi connectivity index (χ2v) is 6.70. The van der Waals surface area contributed by atoms with E-state index in [1.165, 1.54) is 0 Å². The van der Waals surface area contributed by atoms with Crippen LogP contribution >= 0.6 is 0 Å². The zero-order valence-corrected chi connectivity index (χ0v) is 16.2. The van der Waals surface area contributed by atoms with Crippen LogP contribution in [0.1, 0.15) is 21.5 Å². The fourth-order valence-electron chi connectivity index (χ4n) is 3.52. The van der Waals surface area contributed by atoms with Crippen LogP contribution in [0.5, 0.6) is 11.6 Å². The lowest BCUT2D eigenvalue weighted by molar-refractivity contribution is 0.0996. The van der Waals surface area contributed by atoms with Gasteiger partial charge in [-0.3, -0.25) is 4.79 Å². The monoisotopic (exact) mass is 385 g/mol. The maximum atomic E-state index is 12.9. The second kappa shape index (κ2) is 7.64. The van der Waals surface area contributed by atoms with E-state index in [2.05, 4.69) is 11.1 Å². The third-order valence-corrected chi connectivity index (χ3v) is 4.98. The van der Waals surface area contributed by atoms with Gasteiger partial charge in [-0.15, -0.1) is 0 Å². The van der Waals surface area contributed by atoms with E-state index in [-0.39, 0.29) is 5.91 Å². The standard InChI is InChI=1S/C23H19N3O3/c1-28-21-12-17(13-25-22(21)29-2)16-6-7-20-18(11-16)14-26(23(20)27)19-5-3-4-15(10-19)8-9-24/h3-7,10-13H,8,14H2,1-2H3. The van der Waals surface area contributed by atoms with E-state index in [9.17, 15) is 4.79 Å². The minimum Gasteiger partial charge on any atom is -0.491 e. The molecule has 0 bridgehead atoms. The fraction of sp³-hybridized carbons (Fsp3) is 0.174. The van der Waals surface area contributed by atoms with Crippen LogP contribution in [-0.2, 0) is 13.0 Å². The van der Waals surface area contributed by atoms with E-state index < -0.39 is 0 Å². The summed E-state index contributed by atoms with van der Waals surface area (Å²) >= 11 is 0. The Kier molecular flexibility index (Phi) is 4.88. The lowest BCUT2D eigenvalue weighted by Gasteiger charge is -2.16. The fourth-order valence-corrected chi connectivity index (χ4v) is 3.52. The molecule has 29 heavy (non-hydrogen) atoms. The van der Waals surface area contributed by atoms with Gasteiger partial charge >= 0.3 is 0 Å². The molecule has 2 heterocycles. The van der Waals surface area contributed by atoms with Crippen molar-refractivity contribution in [2.24, 2.45) is 0 Å². The molecule has 0 aliphatic carbocycles. The smallest absolute Gasteiger partial charge is 0.258 e. The summed E-state index contributed by atoms with van der Waals surface area (Å²) in [7, 11) is 3.12. The predicted molar refractivity (Wildman–Crippen MR) is 109 cm³/mol. The lowest BCUT2D eigenvalue weighted by Crippen LogP contribution is -2.22. The Bertz CT molecular complexity index is 1130. The van der Waals surface area contributed by atoms with Gasteiger partial charge in [0.25, 0.3) is 11.8 Å². The SMILES string of the molecule is COc1cc(-c2ccc3c(c2)CN(c2cccc(CC#N)c2)C3=O)cnc1OC. The molecule has 6 nitrogen and oxygen atoms in total. The van der Waals surface area contributed by atoms with E-state index >= 15 is 0 Å². The normalized spacial score (nSPS) is 12.4. The van der Waals surface area contributed by atoms with E-state index in [1.54, 1.807) is 25.3 Å². The van der Waals surface area contributed by atoms with E-state index in [0.717, 1.165) is 27.9 Å². The number of nitriles is 1. The molecule has 3 aromatic rings. The topological polar surface area (TPSA) is 75.5 Å². The highest BCUT2D eigenvalue weighted by Crippen LogP contribution is 2.34. The van der Waals surface area contributed by atoms with Crippen LogP contribution in [0, 0.1) is 11.3 Å². The summed E-state index contributed by atoms with van der Waals surface area (Å²) < 4.78 is 10.5. The van der Waals surface area contributed by atoms with Crippen molar-refractivity contribution >= 4 is 11.6 Å². The van der Waals surface area contributed by atoms with Crippen LogP contribution in [0.2, 0.25) is 0 Å². The molecule has 0 spiro atoms. The van der Waals surface area contributed by atoms with Crippen LogP contribution < -0.4 is 14.4 Å². The Morgan fingerprint density at radius 1 is 1.10 bits per heavy atom. The summed E-state index contributed by atoms with van der Waals surface area (Å²) in [6, 6.07) is 17.3. The summed E-state index contributed by atoms with van der Waals surface area (Å²) in [5.41, 5.74) is 5.16. The summed E-state index contributed by atoms with van der Waals surface area (Å²) in [6.07, 6.45) is 2.04. The van der Waals surface area contributed by atoms with Gasteiger partial charge in [0.2, 0.25) is 0 Å². The number of carbonyl (C=O) groups is 1. The van der Waals surface area contributed by atoms with Crippen molar-refractivity contribution in [3.63, 3.8) is 0 Å². The highest BCUT2D eigenvalue weighted by molar-refractivity contribution is 6.10. The first kappa shape index (κ1) is 18.5. The summed E-state index contributed by atoms with van der Waals surface area (Å²) in [6.45, 7) is 0.485. The van der Waals surface area contributed by atoms with Gasteiger partial charge in [0.15, 0.2) is 5.75 Å². The minimum atomic E-state index is -0.0360. The highest BCUT2D eigenvalue weighted by atomic mass is 16.5. The number of aromatic nitrogens is 1. The Morgan fingerprint density at radius 2 is 1.97 bits per heavy atom. The van der Waals surface area contributed by atoms with Gasteiger partial charge in [0.05, 0.1) is 33.3 Å². The van der Waals surface area contributed by atoms with Crippen molar-refractivity contribution in [2.75, 3.05) is 19.1 Å². The molecule has 2 aromatic carbocycles. The Labute approximate surface area is 168 Å². The molecular weight excluding hydrogens is 366 g/mol. The number of anilines is 1. The molecular formula is C23H19N3O3. The first-order valence-electron chi connectivity index (χ1n) is 9.13. The molecule has 0 N–H and O–H groups in total. The maximum absolute atomic E-state index is 12.9. The van der Waals surface area contributed by atoms with Gasteiger partial charge in [-0.1, -0.05) is 18.2 Å². The van der Waals surface area contributed by atoms with Gasteiger partial charge in [-0.2, -0.15) is 5.26 Å². The van der Waals surface area contributed by atoms with Gasteiger partial charge in [-0.05, 0) is 47.0 Å². The number of hydrogen-bond donors (Lipinski definition) is 0. The molecule has 144 valence electrons. The molecule has 1 aliphatic heterocycles. The molecule has 0 saturated carbocycles. The van der Waals surface area contributed by atoms with Gasteiger partial charge in [-0.25, -0.2) is 4.98 Å². The number of pyridine rings is 1. The number of hydrogen-bond acceptors (Lipinski definition) is 5. The van der Waals surface area contributed by atoms with Crippen LogP contribution in [0.15, 0.2) is 54.7 Å². The first-order valence-corrected chi connectivity index (χ1v) is 9.13. The maximum Gasteiger partial charge on any atom is 0.258 e. The quantitative estimate of drug-likeness (QED) is 0.664. The molecule has 1 aliphatic rings. The predicted octanol–water partition coefficient (Wildman–Crippen LogP) is 3.99. The molecule has 0 saturated heterocycles. The summed E-state index contributed by atoms with van der Waals surface area (Å²) in [4.78, 5) is 18.9. The van der Waals surface area contributed by atoms with Crippen LogP contribution in [0.4, 0.5) is 5.69 Å². The van der Waals surface area contributed by atoms with Crippen LogP contribution in [-0.4, -0.2) is 25.1 Å². The zero-order chi connectivity index (χ0) is 20.4. The minimum absolute atomic E-state index is 0.0360. The molecule has 1 amide bonds. The van der Waals surface area contributed by atoms with Crippen molar-refractivity contribution in [1.29, 1.82) is 5.26 Å². The van der Waals surface area contributed by atoms with Crippen molar-refractivity contribution in [3.05, 3.63) is 71.4 Å². The summed E-state index contributed by atoms with van der Waals surface area (Å²) in [5, 5.41) is 8.93. The first-order chi connectivity index (χ1) is 14.1. The van der Waals surface area contributed by atoms with Gasteiger partial charge in [0, 0.05) is 23.0 Å². The lowest BCUT2D eigenvalue weighted by atomic mass is 10.0. The number of fused-ring (bicyclic) bond motifs is 1. The van der Waals surface area contributed by atoms with E-state index in [0.29, 0.717) is 30.2 Å². The molecule has 0 radical (unpaired) electrons. The summed E-state index contributed by atoms with van der Waals surface area (Å²) in [5.74, 6) is 0.944. The number of benzene rings is 2. The van der Waals surface area contributed by atoms with Crippen molar-refractivity contribution in [3.8, 4) is 28.8 Å². The number of carbonyl (C=O) groups excluding carboxylic acids is 1. The number of rotatable bonds is 5. The third-order valence-electron chi connectivity index (χ3n) is 4.98. The molecule has 0 atom stereocenters. The number of methoxy groups -OCH3 is 2. The number of ether oxygens (including phenoxy) is 2. The van der Waals surface area contributed by atoms with Gasteiger partial charge < -0.3 is 14.4 Å². The largest absolute Gasteiger partial charge is 0.491 e. The van der Waals surface area contributed by atoms with Crippen LogP contribution in [0.25, 0.3) is 11.1 Å². The van der Waals surface area contributed by atoms with Crippen LogP contribution in [0.3, 0.4) is 0 Å². The Balaban J connectivity index is 1.66. The molecule has 6 heteroatoms. The van der Waals surface area contributed by atoms with E-state index in [4.69, 9.17) is 14.7 Å². The average molecular weight is 385 g/mol.